The van der Waals surface area contributed by atoms with Crippen molar-refractivity contribution in [1.29, 1.82) is 0 Å². The molecule has 0 atom stereocenters. The first-order chi connectivity index (χ1) is 13.2. The van der Waals surface area contributed by atoms with Gasteiger partial charge in [-0.3, -0.25) is 20.4 Å². The van der Waals surface area contributed by atoms with Crippen LogP contribution in [0.5, 0.6) is 5.75 Å². The first kappa shape index (κ1) is 18.0. The van der Waals surface area contributed by atoms with Gasteiger partial charge >= 0.3 is 0 Å². The van der Waals surface area contributed by atoms with Gasteiger partial charge in [-0.15, -0.1) is 0 Å². The number of aromatic amines is 1. The van der Waals surface area contributed by atoms with Gasteiger partial charge in [-0.2, -0.15) is 0 Å². The number of amides is 2. The minimum Gasteiger partial charge on any atom is -0.494 e. The van der Waals surface area contributed by atoms with Crippen LogP contribution < -0.4 is 20.9 Å². The van der Waals surface area contributed by atoms with Crippen molar-refractivity contribution in [2.45, 2.75) is 6.92 Å². The minimum absolute atomic E-state index is 0.290. The second-order valence-corrected chi connectivity index (χ2v) is 5.47. The molecule has 2 heterocycles. The Balaban J connectivity index is 1.67. The van der Waals surface area contributed by atoms with Crippen LogP contribution in [0.15, 0.2) is 60.9 Å². The lowest BCUT2D eigenvalue weighted by Crippen LogP contribution is -2.42. The summed E-state index contributed by atoms with van der Waals surface area (Å²) in [6.45, 7) is 2.51. The summed E-state index contributed by atoms with van der Waals surface area (Å²) in [5, 5.41) is 3.09. The average Bonchev–Trinajstić information content (AvgIpc) is 3.23. The molecular weight excluding hydrogens is 346 g/mol. The molecule has 0 aliphatic rings. The van der Waals surface area contributed by atoms with E-state index in [1.54, 1.807) is 36.7 Å². The van der Waals surface area contributed by atoms with Gasteiger partial charge in [0.15, 0.2) is 0 Å². The van der Waals surface area contributed by atoms with E-state index in [2.05, 4.69) is 26.1 Å². The molecule has 1 aromatic carbocycles. The van der Waals surface area contributed by atoms with E-state index in [9.17, 15) is 9.59 Å². The predicted octanol–water partition coefficient (Wildman–Crippen LogP) is 2.63. The zero-order valence-corrected chi connectivity index (χ0v) is 14.7. The van der Waals surface area contributed by atoms with Gasteiger partial charge in [-0.1, -0.05) is 0 Å². The number of hydrogen-bond donors (Lipinski definition) is 4. The molecule has 2 aromatic heterocycles. The number of carbonyl (C=O) groups excluding carboxylic acids is 2. The average molecular weight is 365 g/mol. The third kappa shape index (κ3) is 4.63. The summed E-state index contributed by atoms with van der Waals surface area (Å²) in [6, 6.07) is 13.9. The number of pyridine rings is 1. The third-order valence-corrected chi connectivity index (χ3v) is 3.61. The highest BCUT2D eigenvalue weighted by atomic mass is 16.5. The van der Waals surface area contributed by atoms with Gasteiger partial charge in [0.2, 0.25) is 0 Å². The maximum Gasteiger partial charge on any atom is 0.286 e. The molecule has 0 unspecified atom stereocenters. The lowest BCUT2D eigenvalue weighted by atomic mass is 10.2. The maximum absolute atomic E-state index is 12.4. The number of H-pyrrole nitrogens is 1. The first-order valence-corrected chi connectivity index (χ1v) is 8.36. The van der Waals surface area contributed by atoms with Crippen LogP contribution in [0.25, 0.3) is 0 Å². The normalized spacial score (nSPS) is 10.1. The van der Waals surface area contributed by atoms with Crippen molar-refractivity contribution in [3.05, 3.63) is 72.2 Å². The van der Waals surface area contributed by atoms with Crippen molar-refractivity contribution in [2.75, 3.05) is 11.9 Å². The van der Waals surface area contributed by atoms with E-state index in [0.717, 1.165) is 11.4 Å². The second-order valence-electron chi connectivity index (χ2n) is 5.47. The summed E-state index contributed by atoms with van der Waals surface area (Å²) in [4.78, 5) is 31.3. The molecular formula is C19H19N5O3. The Kier molecular flexibility index (Phi) is 5.68. The fourth-order valence-electron chi connectivity index (χ4n) is 2.35. The molecule has 0 aliphatic heterocycles. The van der Waals surface area contributed by atoms with Crippen molar-refractivity contribution >= 4 is 23.3 Å². The molecule has 4 N–H and O–H groups in total. The monoisotopic (exact) mass is 365 g/mol. The van der Waals surface area contributed by atoms with Crippen molar-refractivity contribution in [3.63, 3.8) is 0 Å². The topological polar surface area (TPSA) is 108 Å². The summed E-state index contributed by atoms with van der Waals surface area (Å²) < 4.78 is 5.41. The maximum atomic E-state index is 12.4. The summed E-state index contributed by atoms with van der Waals surface area (Å²) in [6.07, 6.45) is 3.20. The second kappa shape index (κ2) is 8.52. The van der Waals surface area contributed by atoms with Crippen molar-refractivity contribution < 1.29 is 14.3 Å². The van der Waals surface area contributed by atoms with Crippen LogP contribution in [0.2, 0.25) is 0 Å². The molecule has 8 heteroatoms. The van der Waals surface area contributed by atoms with E-state index < -0.39 is 11.8 Å². The minimum atomic E-state index is -0.489. The Morgan fingerprint density at radius 3 is 2.52 bits per heavy atom. The highest BCUT2D eigenvalue weighted by Crippen LogP contribution is 2.21. The van der Waals surface area contributed by atoms with Crippen molar-refractivity contribution in [1.82, 2.24) is 20.8 Å². The van der Waals surface area contributed by atoms with Crippen LogP contribution in [0.3, 0.4) is 0 Å². The van der Waals surface area contributed by atoms with Gasteiger partial charge in [0.05, 0.1) is 12.2 Å². The molecule has 0 fully saturated rings. The van der Waals surface area contributed by atoms with Crippen molar-refractivity contribution in [2.24, 2.45) is 0 Å². The molecule has 8 nitrogen and oxygen atoms in total. The Labute approximate surface area is 155 Å². The Morgan fingerprint density at radius 1 is 1.04 bits per heavy atom. The van der Waals surface area contributed by atoms with Crippen LogP contribution in [0.4, 0.5) is 11.5 Å². The number of nitrogens with one attached hydrogen (secondary N) is 4. The third-order valence-electron chi connectivity index (χ3n) is 3.61. The molecule has 0 spiro atoms. The van der Waals surface area contributed by atoms with E-state index in [4.69, 9.17) is 4.74 Å². The highest BCUT2D eigenvalue weighted by molar-refractivity contribution is 6.01. The van der Waals surface area contributed by atoms with Gasteiger partial charge in [-0.05, 0) is 55.5 Å². The van der Waals surface area contributed by atoms with Crippen LogP contribution in [-0.2, 0) is 0 Å². The number of ether oxygens (including phenoxy) is 1. The van der Waals surface area contributed by atoms with Gasteiger partial charge in [0.25, 0.3) is 11.8 Å². The molecule has 0 saturated heterocycles. The van der Waals surface area contributed by atoms with Gasteiger partial charge < -0.3 is 15.0 Å². The predicted molar refractivity (Wildman–Crippen MR) is 101 cm³/mol. The molecule has 138 valence electrons. The highest BCUT2D eigenvalue weighted by Gasteiger charge is 2.14. The standard InChI is InChI=1S/C19H19N5O3/c1-2-27-14-9-7-13(8-10-14)22-17-15(5-3-12-21-17)18(25)23-24-19(26)16-6-4-11-20-16/h3-12,20H,2H2,1H3,(H,21,22)(H,23,25)(H,24,26). The summed E-state index contributed by atoms with van der Waals surface area (Å²) in [7, 11) is 0. The van der Waals surface area contributed by atoms with E-state index >= 15 is 0 Å². The number of aromatic nitrogens is 2. The molecule has 27 heavy (non-hydrogen) atoms. The zero-order chi connectivity index (χ0) is 19.1. The lowest BCUT2D eigenvalue weighted by molar-refractivity contribution is 0.0844. The Hall–Kier alpha value is -3.81. The number of carbonyl (C=O) groups is 2. The summed E-state index contributed by atoms with van der Waals surface area (Å²) >= 11 is 0. The number of hydrazine groups is 1. The number of hydrogen-bond acceptors (Lipinski definition) is 5. The Morgan fingerprint density at radius 2 is 1.81 bits per heavy atom. The van der Waals surface area contributed by atoms with E-state index in [1.165, 1.54) is 0 Å². The van der Waals surface area contributed by atoms with Crippen LogP contribution in [-0.4, -0.2) is 28.4 Å². The van der Waals surface area contributed by atoms with Gasteiger partial charge in [0, 0.05) is 18.1 Å². The smallest absolute Gasteiger partial charge is 0.286 e. The number of rotatable bonds is 6. The zero-order valence-electron chi connectivity index (χ0n) is 14.7. The molecule has 0 radical (unpaired) electrons. The first-order valence-electron chi connectivity index (χ1n) is 8.36. The molecule has 0 aliphatic carbocycles. The van der Waals surface area contributed by atoms with E-state index in [-0.39, 0.29) is 5.56 Å². The van der Waals surface area contributed by atoms with Gasteiger partial charge in [-0.25, -0.2) is 4.98 Å². The van der Waals surface area contributed by atoms with Gasteiger partial charge in [0.1, 0.15) is 17.3 Å². The molecule has 3 aromatic rings. The molecule has 0 bridgehead atoms. The lowest BCUT2D eigenvalue weighted by Gasteiger charge is -2.12. The van der Waals surface area contributed by atoms with Crippen molar-refractivity contribution in [3.8, 4) is 5.75 Å². The molecule has 3 rings (SSSR count). The summed E-state index contributed by atoms with van der Waals surface area (Å²) in [5.41, 5.74) is 6.12. The van der Waals surface area contributed by atoms with Crippen LogP contribution in [0, 0.1) is 0 Å². The van der Waals surface area contributed by atoms with Crippen LogP contribution >= 0.6 is 0 Å². The Bertz CT molecular complexity index is 907. The fraction of sp³-hybridized carbons (Fsp3) is 0.105. The summed E-state index contributed by atoms with van der Waals surface area (Å²) in [5.74, 6) is 0.192. The fourth-order valence-corrected chi connectivity index (χ4v) is 2.35. The SMILES string of the molecule is CCOc1ccc(Nc2ncccc2C(=O)NNC(=O)c2ccc[nH]2)cc1. The quantitative estimate of drug-likeness (QED) is 0.502. The molecule has 2 amide bonds. The number of nitrogens with zero attached hydrogens (tertiary/aromatic N) is 1. The van der Waals surface area contributed by atoms with E-state index in [0.29, 0.717) is 18.1 Å². The van der Waals surface area contributed by atoms with E-state index in [1.807, 2.05) is 31.2 Å². The largest absolute Gasteiger partial charge is 0.494 e. The molecule has 0 saturated carbocycles. The number of benzene rings is 1. The van der Waals surface area contributed by atoms with Crippen LogP contribution in [0.1, 0.15) is 27.8 Å². The number of anilines is 2.